The van der Waals surface area contributed by atoms with Gasteiger partial charge in [0.15, 0.2) is 0 Å². The molecule has 6 heteroatoms. The van der Waals surface area contributed by atoms with Gasteiger partial charge in [0.2, 0.25) is 0 Å². The summed E-state index contributed by atoms with van der Waals surface area (Å²) in [6.45, 7) is 4.22. The molecule has 2 rings (SSSR count). The zero-order chi connectivity index (χ0) is 17.0. The monoisotopic (exact) mass is 331 g/mol. The van der Waals surface area contributed by atoms with Crippen molar-refractivity contribution in [3.8, 4) is 0 Å². The molecule has 0 saturated carbocycles. The Kier molecular flexibility index (Phi) is 5.15. The summed E-state index contributed by atoms with van der Waals surface area (Å²) in [6.07, 6.45) is 9.57. The summed E-state index contributed by atoms with van der Waals surface area (Å²) in [5, 5.41) is 0. The van der Waals surface area contributed by atoms with E-state index in [1.807, 2.05) is 37.2 Å². The predicted octanol–water partition coefficient (Wildman–Crippen LogP) is 3.65. The lowest BCUT2D eigenvalue weighted by Crippen LogP contribution is -2.07. The lowest BCUT2D eigenvalue weighted by molar-refractivity contribution is 0.0607. The molecule has 0 bridgehead atoms. The minimum absolute atomic E-state index is 0.0421. The Balaban J connectivity index is 2.43. The number of nitrogens with zero attached hydrogens (tertiary/aromatic N) is 3. The molecular formula is C17H21N3O2S. The minimum atomic E-state index is -0.388. The topological polar surface area (TPSA) is 54.3 Å². The molecule has 0 N–H and O–H groups in total. The molecule has 0 fully saturated rings. The van der Waals surface area contributed by atoms with Crippen LogP contribution in [0.15, 0.2) is 40.5 Å². The fraction of sp³-hybridized carbons (Fsp3) is 0.353. The molecule has 0 amide bonds. The second-order valence-electron chi connectivity index (χ2n) is 6.01. The molecule has 0 atom stereocenters. The number of rotatable bonds is 4. The Labute approximate surface area is 140 Å². The average molecular weight is 331 g/mol. The number of esters is 1. The van der Waals surface area contributed by atoms with Gasteiger partial charge >= 0.3 is 5.97 Å². The second kappa shape index (κ2) is 6.91. The van der Waals surface area contributed by atoms with Crippen LogP contribution in [0.4, 0.5) is 5.69 Å². The molecule has 0 saturated heterocycles. The lowest BCUT2D eigenvalue weighted by Gasteiger charge is -2.11. The molecule has 0 aromatic carbocycles. The van der Waals surface area contributed by atoms with Crippen molar-refractivity contribution in [3.05, 3.63) is 40.2 Å². The molecule has 1 aromatic heterocycles. The molecule has 5 nitrogen and oxygen atoms in total. The maximum absolute atomic E-state index is 12.0. The van der Waals surface area contributed by atoms with Crippen molar-refractivity contribution in [2.24, 2.45) is 15.4 Å². The highest BCUT2D eigenvalue weighted by Crippen LogP contribution is 2.32. The SMILES string of the molecule is COC(=O)c1sc(C2=NC=CC(C)(C)C=C2)cc1N=CN(C)C. The fourth-order valence-corrected chi connectivity index (χ4v) is 2.87. The highest BCUT2D eigenvalue weighted by atomic mass is 32.1. The number of ether oxygens (including phenoxy) is 1. The van der Waals surface area contributed by atoms with Gasteiger partial charge in [-0.2, -0.15) is 0 Å². The van der Waals surface area contributed by atoms with Crippen LogP contribution >= 0.6 is 11.3 Å². The first-order chi connectivity index (χ1) is 10.8. The fourth-order valence-electron chi connectivity index (χ4n) is 1.87. The molecule has 1 aliphatic heterocycles. The second-order valence-corrected chi connectivity index (χ2v) is 7.06. The maximum Gasteiger partial charge on any atom is 0.350 e. The first-order valence-electron chi connectivity index (χ1n) is 7.20. The van der Waals surface area contributed by atoms with E-state index in [0.717, 1.165) is 10.6 Å². The van der Waals surface area contributed by atoms with Gasteiger partial charge in [-0.05, 0) is 12.1 Å². The first-order valence-corrected chi connectivity index (χ1v) is 8.02. The van der Waals surface area contributed by atoms with Crippen molar-refractivity contribution in [1.29, 1.82) is 0 Å². The van der Waals surface area contributed by atoms with Crippen molar-refractivity contribution >= 4 is 35.0 Å². The maximum atomic E-state index is 12.0. The van der Waals surface area contributed by atoms with E-state index < -0.39 is 0 Å². The highest BCUT2D eigenvalue weighted by molar-refractivity contribution is 7.16. The molecular weight excluding hydrogens is 310 g/mol. The van der Waals surface area contributed by atoms with Gasteiger partial charge in [-0.1, -0.05) is 26.0 Å². The van der Waals surface area contributed by atoms with Crippen LogP contribution in [-0.2, 0) is 4.74 Å². The number of carbonyl (C=O) groups is 1. The van der Waals surface area contributed by atoms with Crippen molar-refractivity contribution in [2.45, 2.75) is 13.8 Å². The summed E-state index contributed by atoms with van der Waals surface area (Å²) < 4.78 is 4.85. The molecule has 0 aliphatic carbocycles. The number of hydrogen-bond acceptors (Lipinski definition) is 5. The zero-order valence-electron chi connectivity index (χ0n) is 14.0. The van der Waals surface area contributed by atoms with E-state index in [0.29, 0.717) is 10.6 Å². The van der Waals surface area contributed by atoms with Crippen LogP contribution in [0, 0.1) is 5.41 Å². The van der Waals surface area contributed by atoms with Gasteiger partial charge in [0.25, 0.3) is 0 Å². The summed E-state index contributed by atoms with van der Waals surface area (Å²) in [5.74, 6) is -0.388. The van der Waals surface area contributed by atoms with Gasteiger partial charge in [0.05, 0.1) is 29.7 Å². The molecule has 2 heterocycles. The molecule has 122 valence electrons. The van der Waals surface area contributed by atoms with Crippen LogP contribution in [0.3, 0.4) is 0 Å². The van der Waals surface area contributed by atoms with Gasteiger partial charge in [-0.15, -0.1) is 11.3 Å². The van der Waals surface area contributed by atoms with Crippen LogP contribution in [0.25, 0.3) is 0 Å². The molecule has 1 aromatic rings. The number of methoxy groups -OCH3 is 1. The third kappa shape index (κ3) is 4.39. The Morgan fingerprint density at radius 3 is 2.78 bits per heavy atom. The van der Waals surface area contributed by atoms with Crippen LogP contribution in [-0.4, -0.2) is 44.1 Å². The van der Waals surface area contributed by atoms with Crippen LogP contribution in [0.2, 0.25) is 0 Å². The minimum Gasteiger partial charge on any atom is -0.465 e. The number of carbonyl (C=O) groups excluding carboxylic acids is 1. The van der Waals surface area contributed by atoms with Gasteiger partial charge in [0.1, 0.15) is 4.88 Å². The van der Waals surface area contributed by atoms with Crippen LogP contribution < -0.4 is 0 Å². The third-order valence-electron chi connectivity index (χ3n) is 3.15. The third-order valence-corrected chi connectivity index (χ3v) is 4.28. The van der Waals surface area contributed by atoms with Gasteiger partial charge in [-0.25, -0.2) is 9.79 Å². The summed E-state index contributed by atoms with van der Waals surface area (Å²) >= 11 is 1.34. The first kappa shape index (κ1) is 17.1. The van der Waals surface area contributed by atoms with Gasteiger partial charge < -0.3 is 9.64 Å². The average Bonchev–Trinajstić information content (AvgIpc) is 2.83. The van der Waals surface area contributed by atoms with Crippen LogP contribution in [0.1, 0.15) is 28.4 Å². The largest absolute Gasteiger partial charge is 0.465 e. The van der Waals surface area contributed by atoms with Gasteiger partial charge in [-0.3, -0.25) is 4.99 Å². The zero-order valence-corrected chi connectivity index (χ0v) is 14.8. The standard InChI is InChI=1S/C17H21N3O2S/c1-17(2)7-6-12(18-9-8-17)14-10-13(19-11-20(3)4)15(23-14)16(21)22-5/h6-11H,1-5H3. The Morgan fingerprint density at radius 1 is 1.39 bits per heavy atom. The molecule has 0 spiro atoms. The van der Waals surface area contributed by atoms with Gasteiger partial charge in [0, 0.05) is 25.7 Å². The molecule has 1 aliphatic rings. The van der Waals surface area contributed by atoms with Crippen molar-refractivity contribution in [2.75, 3.05) is 21.2 Å². The molecule has 0 radical (unpaired) electrons. The van der Waals surface area contributed by atoms with E-state index >= 15 is 0 Å². The van der Waals surface area contributed by atoms with Crippen molar-refractivity contribution < 1.29 is 9.53 Å². The predicted molar refractivity (Wildman–Crippen MR) is 96.1 cm³/mol. The number of allylic oxidation sites excluding steroid dienone is 3. The Hall–Kier alpha value is -2.21. The summed E-state index contributed by atoms with van der Waals surface area (Å²) in [6, 6.07) is 1.87. The van der Waals surface area contributed by atoms with Crippen molar-refractivity contribution in [3.63, 3.8) is 0 Å². The molecule has 0 unspecified atom stereocenters. The van der Waals surface area contributed by atoms with E-state index in [1.54, 1.807) is 12.5 Å². The summed E-state index contributed by atoms with van der Waals surface area (Å²) in [7, 11) is 5.12. The summed E-state index contributed by atoms with van der Waals surface area (Å²) in [5.41, 5.74) is 1.36. The number of hydrogen-bond donors (Lipinski definition) is 0. The number of thiophene rings is 1. The van der Waals surface area contributed by atoms with E-state index in [1.165, 1.54) is 18.4 Å². The normalized spacial score (nSPS) is 16.3. The van der Waals surface area contributed by atoms with E-state index in [-0.39, 0.29) is 11.4 Å². The number of aliphatic imine (C=N–C) groups is 2. The van der Waals surface area contributed by atoms with E-state index in [9.17, 15) is 4.79 Å². The quantitative estimate of drug-likeness (QED) is 0.481. The van der Waals surface area contributed by atoms with E-state index in [2.05, 4.69) is 29.9 Å². The van der Waals surface area contributed by atoms with E-state index in [4.69, 9.17) is 4.74 Å². The Bertz CT molecular complexity index is 709. The Morgan fingerprint density at radius 2 is 2.13 bits per heavy atom. The summed E-state index contributed by atoms with van der Waals surface area (Å²) in [4.78, 5) is 24.0. The lowest BCUT2D eigenvalue weighted by atomic mass is 9.93. The van der Waals surface area contributed by atoms with Crippen LogP contribution in [0.5, 0.6) is 0 Å². The highest BCUT2D eigenvalue weighted by Gasteiger charge is 2.19. The molecule has 23 heavy (non-hydrogen) atoms. The smallest absolute Gasteiger partial charge is 0.350 e. The van der Waals surface area contributed by atoms with Crippen molar-refractivity contribution in [1.82, 2.24) is 4.90 Å².